The number of rotatable bonds is 10. The molecule has 6 heteroatoms. The predicted octanol–water partition coefficient (Wildman–Crippen LogP) is 2.02. The van der Waals surface area contributed by atoms with Gasteiger partial charge in [0.05, 0.1) is 19.8 Å². The topological polar surface area (TPSA) is 65.0 Å². The van der Waals surface area contributed by atoms with Crippen molar-refractivity contribution in [3.05, 3.63) is 21.9 Å². The number of hydrogen-bond acceptors (Lipinski definition) is 5. The summed E-state index contributed by atoms with van der Waals surface area (Å²) < 4.78 is 15.6. The second kappa shape index (κ2) is 9.04. The van der Waals surface area contributed by atoms with E-state index in [0.29, 0.717) is 37.9 Å². The van der Waals surface area contributed by atoms with E-state index in [1.165, 1.54) is 11.3 Å². The molecule has 0 aliphatic carbocycles. The highest BCUT2D eigenvalue weighted by Gasteiger charge is 2.06. The van der Waals surface area contributed by atoms with E-state index >= 15 is 0 Å². The first-order valence-electron chi connectivity index (χ1n) is 5.70. The molecule has 0 atom stereocenters. The Hall–Kier alpha value is -0.950. The second-order valence-corrected chi connectivity index (χ2v) is 4.75. The Morgan fingerprint density at radius 2 is 2.00 bits per heavy atom. The number of hydrogen-bond donors (Lipinski definition) is 1. The van der Waals surface area contributed by atoms with Crippen molar-refractivity contribution < 1.29 is 24.1 Å². The van der Waals surface area contributed by atoms with Crippen molar-refractivity contribution in [1.82, 2.24) is 0 Å². The van der Waals surface area contributed by atoms with Gasteiger partial charge in [-0.05, 0) is 18.6 Å². The fraction of sp³-hybridized carbons (Fsp3) is 0.583. The maximum absolute atomic E-state index is 10.7. The maximum Gasteiger partial charge on any atom is 0.345 e. The van der Waals surface area contributed by atoms with Crippen LogP contribution < -0.4 is 0 Å². The molecule has 0 aromatic carbocycles. The van der Waals surface area contributed by atoms with Gasteiger partial charge in [0.2, 0.25) is 0 Å². The van der Waals surface area contributed by atoms with Crippen molar-refractivity contribution in [3.63, 3.8) is 0 Å². The van der Waals surface area contributed by atoms with Crippen LogP contribution in [0, 0.1) is 0 Å². The normalized spacial score (nSPS) is 10.7. The Kier molecular flexibility index (Phi) is 7.59. The van der Waals surface area contributed by atoms with Crippen LogP contribution in [-0.4, -0.2) is 44.6 Å². The zero-order valence-electron chi connectivity index (χ0n) is 10.4. The molecule has 5 nitrogen and oxygen atoms in total. The minimum atomic E-state index is -0.896. The molecule has 1 rings (SSSR count). The van der Waals surface area contributed by atoms with Gasteiger partial charge in [-0.15, -0.1) is 11.3 Å². The van der Waals surface area contributed by atoms with E-state index in [0.717, 1.165) is 11.3 Å². The average molecular weight is 274 g/mol. The van der Waals surface area contributed by atoms with Gasteiger partial charge in [0.15, 0.2) is 0 Å². The van der Waals surface area contributed by atoms with E-state index in [1.807, 2.05) is 0 Å². The molecule has 1 aromatic rings. The third-order valence-corrected chi connectivity index (χ3v) is 3.17. The van der Waals surface area contributed by atoms with Gasteiger partial charge in [0.1, 0.15) is 4.88 Å². The molecule has 0 radical (unpaired) electrons. The SMILES string of the molecule is COCCCOCCOCc1ccc(C(=O)O)s1. The molecule has 0 bridgehead atoms. The van der Waals surface area contributed by atoms with Crippen molar-refractivity contribution in [2.75, 3.05) is 33.5 Å². The van der Waals surface area contributed by atoms with Gasteiger partial charge in [0, 0.05) is 25.2 Å². The van der Waals surface area contributed by atoms with Gasteiger partial charge in [0.25, 0.3) is 0 Å². The lowest BCUT2D eigenvalue weighted by Gasteiger charge is -2.04. The van der Waals surface area contributed by atoms with Crippen LogP contribution in [0.5, 0.6) is 0 Å². The molecule has 0 amide bonds. The van der Waals surface area contributed by atoms with Crippen LogP contribution >= 0.6 is 11.3 Å². The highest BCUT2D eigenvalue weighted by atomic mass is 32.1. The summed E-state index contributed by atoms with van der Waals surface area (Å²) in [6.45, 7) is 2.85. The maximum atomic E-state index is 10.7. The van der Waals surface area contributed by atoms with Gasteiger partial charge in [-0.25, -0.2) is 4.79 Å². The standard InChI is InChI=1S/C12H18O5S/c1-15-5-2-6-16-7-8-17-9-10-3-4-11(18-10)12(13)14/h3-4H,2,5-9H2,1H3,(H,13,14). The Labute approximate surface area is 110 Å². The molecule has 18 heavy (non-hydrogen) atoms. The van der Waals surface area contributed by atoms with Gasteiger partial charge < -0.3 is 19.3 Å². The van der Waals surface area contributed by atoms with Crippen LogP contribution in [0.2, 0.25) is 0 Å². The number of ether oxygens (including phenoxy) is 3. The summed E-state index contributed by atoms with van der Waals surface area (Å²) >= 11 is 1.23. The first-order chi connectivity index (χ1) is 8.74. The van der Waals surface area contributed by atoms with Crippen LogP contribution in [0.1, 0.15) is 21.0 Å². The first kappa shape index (κ1) is 15.1. The van der Waals surface area contributed by atoms with E-state index in [-0.39, 0.29) is 0 Å². The highest BCUT2D eigenvalue weighted by Crippen LogP contribution is 2.17. The van der Waals surface area contributed by atoms with Crippen LogP contribution in [0.4, 0.5) is 0 Å². The molecule has 1 aromatic heterocycles. The molecule has 0 unspecified atom stereocenters. The lowest BCUT2D eigenvalue weighted by Crippen LogP contribution is -2.06. The fourth-order valence-electron chi connectivity index (χ4n) is 1.27. The average Bonchev–Trinajstić information content (AvgIpc) is 2.81. The smallest absolute Gasteiger partial charge is 0.345 e. The van der Waals surface area contributed by atoms with Crippen molar-refractivity contribution in [3.8, 4) is 0 Å². The quantitative estimate of drug-likeness (QED) is 0.661. The number of aromatic carboxylic acids is 1. The molecule has 0 aliphatic rings. The Morgan fingerprint density at radius 1 is 1.22 bits per heavy atom. The molecule has 0 spiro atoms. The second-order valence-electron chi connectivity index (χ2n) is 3.58. The van der Waals surface area contributed by atoms with E-state index in [2.05, 4.69) is 0 Å². The lowest BCUT2D eigenvalue weighted by molar-refractivity contribution is 0.0344. The van der Waals surface area contributed by atoms with Crippen molar-refractivity contribution in [2.45, 2.75) is 13.0 Å². The number of carboxylic acid groups (broad SMARTS) is 1. The van der Waals surface area contributed by atoms with E-state index < -0.39 is 5.97 Å². The summed E-state index contributed by atoms with van der Waals surface area (Å²) in [5.74, 6) is -0.896. The van der Waals surface area contributed by atoms with Crippen molar-refractivity contribution >= 4 is 17.3 Å². The Balaban J connectivity index is 2.02. The Morgan fingerprint density at radius 3 is 2.67 bits per heavy atom. The molecule has 1 heterocycles. The molecular formula is C12H18O5S. The minimum Gasteiger partial charge on any atom is -0.477 e. The third kappa shape index (κ3) is 6.11. The molecule has 1 N–H and O–H groups in total. The summed E-state index contributed by atoms with van der Waals surface area (Å²) in [6.07, 6.45) is 0.878. The number of carbonyl (C=O) groups is 1. The number of carboxylic acids is 1. The predicted molar refractivity (Wildman–Crippen MR) is 68.2 cm³/mol. The van der Waals surface area contributed by atoms with E-state index in [4.69, 9.17) is 19.3 Å². The lowest BCUT2D eigenvalue weighted by atomic mass is 10.4. The Bertz CT molecular complexity index is 350. The van der Waals surface area contributed by atoms with E-state index in [9.17, 15) is 4.79 Å². The molecule has 0 fully saturated rings. The first-order valence-corrected chi connectivity index (χ1v) is 6.52. The highest BCUT2D eigenvalue weighted by molar-refractivity contribution is 7.13. The van der Waals surface area contributed by atoms with Gasteiger partial charge >= 0.3 is 5.97 Å². The third-order valence-electron chi connectivity index (χ3n) is 2.13. The zero-order valence-corrected chi connectivity index (χ0v) is 11.2. The van der Waals surface area contributed by atoms with Crippen molar-refractivity contribution in [1.29, 1.82) is 0 Å². The summed E-state index contributed by atoms with van der Waals surface area (Å²) in [5, 5.41) is 8.75. The van der Waals surface area contributed by atoms with Crippen molar-refractivity contribution in [2.24, 2.45) is 0 Å². The largest absolute Gasteiger partial charge is 0.477 e. The van der Waals surface area contributed by atoms with E-state index in [1.54, 1.807) is 19.2 Å². The molecular weight excluding hydrogens is 256 g/mol. The monoisotopic (exact) mass is 274 g/mol. The summed E-state index contributed by atoms with van der Waals surface area (Å²) in [4.78, 5) is 11.9. The molecule has 102 valence electrons. The fourth-order valence-corrected chi connectivity index (χ4v) is 2.05. The number of methoxy groups -OCH3 is 1. The summed E-state index contributed by atoms with van der Waals surface area (Å²) in [7, 11) is 1.66. The van der Waals surface area contributed by atoms with Gasteiger partial charge in [-0.1, -0.05) is 0 Å². The van der Waals surface area contributed by atoms with Crippen LogP contribution in [0.15, 0.2) is 12.1 Å². The number of thiophene rings is 1. The molecule has 0 aliphatic heterocycles. The molecule has 0 saturated heterocycles. The zero-order chi connectivity index (χ0) is 13.2. The van der Waals surface area contributed by atoms with Gasteiger partial charge in [-0.3, -0.25) is 0 Å². The molecule has 0 saturated carbocycles. The van der Waals surface area contributed by atoms with Crippen LogP contribution in [-0.2, 0) is 20.8 Å². The summed E-state index contributed by atoms with van der Waals surface area (Å²) in [5.41, 5.74) is 0. The van der Waals surface area contributed by atoms with Gasteiger partial charge in [-0.2, -0.15) is 0 Å². The minimum absolute atomic E-state index is 0.337. The van der Waals surface area contributed by atoms with Crippen LogP contribution in [0.3, 0.4) is 0 Å². The van der Waals surface area contributed by atoms with Crippen LogP contribution in [0.25, 0.3) is 0 Å². The summed E-state index contributed by atoms with van der Waals surface area (Å²) in [6, 6.07) is 3.36.